The number of rotatable bonds is 6. The molecule has 0 aromatic rings. The molecule has 0 radical (unpaired) electrons. The molecule has 0 aromatic heterocycles. The maximum absolute atomic E-state index is 11.2. The number of allylic oxidation sites excluding steroid dienone is 6. The average molecular weight is 413 g/mol. The summed E-state index contributed by atoms with van der Waals surface area (Å²) in [7, 11) is 0. The van der Waals surface area contributed by atoms with Crippen LogP contribution < -0.4 is 0 Å². The van der Waals surface area contributed by atoms with Gasteiger partial charge in [0, 0.05) is 0 Å². The van der Waals surface area contributed by atoms with Gasteiger partial charge in [-0.2, -0.15) is 0 Å². The number of carbonyl (C=O) groups is 1. The first kappa shape index (κ1) is 23.4. The van der Waals surface area contributed by atoms with Gasteiger partial charge in [0.1, 0.15) is 0 Å². The van der Waals surface area contributed by atoms with E-state index in [1.54, 1.807) is 5.57 Å². The summed E-state index contributed by atoms with van der Waals surface area (Å²) in [5.41, 5.74) is 2.26. The van der Waals surface area contributed by atoms with Crippen LogP contribution in [0.15, 0.2) is 36.0 Å². The van der Waals surface area contributed by atoms with Crippen LogP contribution in [0.5, 0.6) is 0 Å². The zero-order chi connectivity index (χ0) is 21.9. The van der Waals surface area contributed by atoms with Crippen LogP contribution in [0.25, 0.3) is 0 Å². The van der Waals surface area contributed by atoms with Crippen LogP contribution in [0.4, 0.5) is 0 Å². The molecule has 0 aliphatic heterocycles. The van der Waals surface area contributed by atoms with Crippen molar-refractivity contribution in [3.8, 4) is 0 Å². The van der Waals surface area contributed by atoms with Crippen LogP contribution >= 0.6 is 0 Å². The molecule has 0 spiro atoms. The van der Waals surface area contributed by atoms with Crippen molar-refractivity contribution in [2.75, 3.05) is 0 Å². The van der Waals surface area contributed by atoms with E-state index in [0.717, 1.165) is 31.6 Å². The van der Waals surface area contributed by atoms with Gasteiger partial charge in [-0.25, -0.2) is 0 Å². The van der Waals surface area contributed by atoms with Gasteiger partial charge in [0.25, 0.3) is 0 Å². The number of fused-ring (bicyclic) bond motifs is 1. The lowest BCUT2D eigenvalue weighted by Crippen LogP contribution is -2.38. The van der Waals surface area contributed by atoms with Gasteiger partial charge in [0.05, 0.1) is 5.92 Å². The predicted molar refractivity (Wildman–Crippen MR) is 126 cm³/mol. The minimum Gasteiger partial charge on any atom is -0.481 e. The van der Waals surface area contributed by atoms with Crippen LogP contribution in [-0.2, 0) is 4.79 Å². The summed E-state index contributed by atoms with van der Waals surface area (Å²) in [6.45, 7) is 11.9. The van der Waals surface area contributed by atoms with Crippen LogP contribution in [0.2, 0.25) is 0 Å². The number of hydrogen-bond donors (Lipinski definition) is 1. The fraction of sp³-hybridized carbons (Fsp3) is 0.750. The van der Waals surface area contributed by atoms with Crippen molar-refractivity contribution in [2.45, 2.75) is 92.4 Å². The Hall–Kier alpha value is -1.31. The molecule has 2 heteroatoms. The Labute approximate surface area is 184 Å². The summed E-state index contributed by atoms with van der Waals surface area (Å²) in [5, 5.41) is 9.22. The van der Waals surface area contributed by atoms with E-state index in [2.05, 4.69) is 65.0 Å². The Morgan fingerprint density at radius 3 is 2.37 bits per heavy atom. The topological polar surface area (TPSA) is 37.3 Å². The van der Waals surface area contributed by atoms with E-state index < -0.39 is 5.97 Å². The van der Waals surface area contributed by atoms with Crippen molar-refractivity contribution < 1.29 is 9.90 Å². The lowest BCUT2D eigenvalue weighted by Gasteiger charge is -2.48. The molecule has 2 fully saturated rings. The highest BCUT2D eigenvalue weighted by Gasteiger charge is 2.42. The standard InChI is InChI=1S/C28H44O2/c1-6-27(2,3)17-15-22-16-18-28(4,5)25-14-11-21(19-24(22)25)8-7-20-9-12-23(13-10-20)26(29)30/h7-8,15-17,20-21,23-25H,6,9-14,18-19H2,1-5H3,(H,29,30)/b8-7+,17-15-. The van der Waals surface area contributed by atoms with Crippen molar-refractivity contribution in [1.82, 2.24) is 0 Å². The molecule has 3 unspecified atom stereocenters. The first-order valence-corrected chi connectivity index (χ1v) is 12.4. The highest BCUT2D eigenvalue weighted by atomic mass is 16.4. The summed E-state index contributed by atoms with van der Waals surface area (Å²) in [6, 6.07) is 0. The number of aliphatic carboxylic acids is 1. The number of carboxylic acids is 1. The average Bonchev–Trinajstić information content (AvgIpc) is 2.72. The molecule has 0 amide bonds. The monoisotopic (exact) mass is 412 g/mol. The molecule has 3 aliphatic carbocycles. The van der Waals surface area contributed by atoms with Crippen molar-refractivity contribution in [3.05, 3.63) is 36.0 Å². The smallest absolute Gasteiger partial charge is 0.306 e. The molecule has 0 bridgehead atoms. The highest BCUT2D eigenvalue weighted by Crippen LogP contribution is 2.52. The number of hydrogen-bond acceptors (Lipinski definition) is 1. The molecule has 0 heterocycles. The van der Waals surface area contributed by atoms with E-state index in [-0.39, 0.29) is 11.3 Å². The molecule has 1 N–H and O–H groups in total. The van der Waals surface area contributed by atoms with Crippen molar-refractivity contribution >= 4 is 5.97 Å². The summed E-state index contributed by atoms with van der Waals surface area (Å²) < 4.78 is 0. The van der Waals surface area contributed by atoms with Crippen LogP contribution in [0, 0.1) is 40.4 Å². The lowest BCUT2D eigenvalue weighted by atomic mass is 9.57. The molecule has 0 aromatic carbocycles. The normalized spacial score (nSPS) is 34.7. The third kappa shape index (κ3) is 5.68. The maximum atomic E-state index is 11.2. The second-order valence-electron chi connectivity index (χ2n) is 11.7. The van der Waals surface area contributed by atoms with Gasteiger partial charge in [-0.05, 0) is 97.9 Å². The molecule has 3 atom stereocenters. The quantitative estimate of drug-likeness (QED) is 0.452. The van der Waals surface area contributed by atoms with Crippen molar-refractivity contribution in [3.63, 3.8) is 0 Å². The Morgan fingerprint density at radius 2 is 1.73 bits per heavy atom. The Kier molecular flexibility index (Phi) is 7.36. The molecule has 168 valence electrons. The SMILES string of the molecule is CCC(C)(C)/C=C\C1=CCC(C)(C)C2CCC(/C=C/C3CCC(C(=O)O)CC3)CC12. The molecule has 3 rings (SSSR count). The van der Waals surface area contributed by atoms with Crippen LogP contribution in [0.1, 0.15) is 92.4 Å². The first-order chi connectivity index (χ1) is 14.1. The maximum Gasteiger partial charge on any atom is 0.306 e. The summed E-state index contributed by atoms with van der Waals surface area (Å²) >= 11 is 0. The minimum absolute atomic E-state index is 0.110. The van der Waals surface area contributed by atoms with Gasteiger partial charge in [0.2, 0.25) is 0 Å². The zero-order valence-electron chi connectivity index (χ0n) is 20.0. The Balaban J connectivity index is 1.65. The molecule has 2 nitrogen and oxygen atoms in total. The van der Waals surface area contributed by atoms with Gasteiger partial charge in [-0.15, -0.1) is 0 Å². The second kappa shape index (κ2) is 9.45. The summed E-state index contributed by atoms with van der Waals surface area (Å²) in [4.78, 5) is 11.2. The van der Waals surface area contributed by atoms with Gasteiger partial charge >= 0.3 is 5.97 Å². The molecule has 0 saturated heterocycles. The van der Waals surface area contributed by atoms with E-state index in [4.69, 9.17) is 0 Å². The molecule has 2 saturated carbocycles. The van der Waals surface area contributed by atoms with Crippen LogP contribution in [-0.4, -0.2) is 11.1 Å². The Morgan fingerprint density at radius 1 is 1.10 bits per heavy atom. The van der Waals surface area contributed by atoms with Crippen molar-refractivity contribution in [2.24, 2.45) is 40.4 Å². The predicted octanol–water partition coefficient (Wildman–Crippen LogP) is 7.81. The van der Waals surface area contributed by atoms with E-state index in [1.807, 2.05) is 0 Å². The molecular formula is C28H44O2. The summed E-state index contributed by atoms with van der Waals surface area (Å²) in [5.74, 6) is 2.02. The van der Waals surface area contributed by atoms with Gasteiger partial charge in [-0.3, -0.25) is 4.79 Å². The highest BCUT2D eigenvalue weighted by molar-refractivity contribution is 5.70. The van der Waals surface area contributed by atoms with E-state index in [1.165, 1.54) is 32.1 Å². The largest absolute Gasteiger partial charge is 0.481 e. The summed E-state index contributed by atoms with van der Waals surface area (Å²) in [6.07, 6.45) is 22.4. The molecule has 30 heavy (non-hydrogen) atoms. The lowest BCUT2D eigenvalue weighted by molar-refractivity contribution is -0.142. The van der Waals surface area contributed by atoms with E-state index in [0.29, 0.717) is 23.2 Å². The second-order valence-corrected chi connectivity index (χ2v) is 11.7. The van der Waals surface area contributed by atoms with Crippen molar-refractivity contribution in [1.29, 1.82) is 0 Å². The van der Waals surface area contributed by atoms with E-state index in [9.17, 15) is 9.90 Å². The minimum atomic E-state index is -0.603. The zero-order valence-corrected chi connectivity index (χ0v) is 20.0. The third-order valence-corrected chi connectivity index (χ3v) is 8.60. The van der Waals surface area contributed by atoms with Gasteiger partial charge < -0.3 is 5.11 Å². The van der Waals surface area contributed by atoms with Gasteiger partial charge in [-0.1, -0.05) is 65.0 Å². The molecule has 3 aliphatic rings. The number of carboxylic acid groups (broad SMARTS) is 1. The van der Waals surface area contributed by atoms with Gasteiger partial charge in [0.15, 0.2) is 0 Å². The van der Waals surface area contributed by atoms with Crippen LogP contribution in [0.3, 0.4) is 0 Å². The fourth-order valence-electron chi connectivity index (χ4n) is 5.87. The molecular weight excluding hydrogens is 368 g/mol. The van der Waals surface area contributed by atoms with E-state index >= 15 is 0 Å². The third-order valence-electron chi connectivity index (χ3n) is 8.60. The Bertz CT molecular complexity index is 685. The fourth-order valence-corrected chi connectivity index (χ4v) is 5.87. The first-order valence-electron chi connectivity index (χ1n) is 12.4.